The van der Waals surface area contributed by atoms with Crippen LogP contribution in [0.25, 0.3) is 0 Å². The third kappa shape index (κ3) is 7.28. The summed E-state index contributed by atoms with van der Waals surface area (Å²) in [6.45, 7) is 6.08. The van der Waals surface area contributed by atoms with Gasteiger partial charge in [0, 0.05) is 6.04 Å². The zero-order valence-electron chi connectivity index (χ0n) is 8.38. The van der Waals surface area contributed by atoms with Crippen molar-refractivity contribution in [2.24, 2.45) is 5.92 Å². The van der Waals surface area contributed by atoms with Crippen molar-refractivity contribution < 1.29 is 8.42 Å². The minimum absolute atomic E-state index is 0.0221. The van der Waals surface area contributed by atoms with Gasteiger partial charge in [-0.2, -0.15) is 0 Å². The van der Waals surface area contributed by atoms with Crippen molar-refractivity contribution in [3.8, 4) is 0 Å². The predicted molar refractivity (Wildman–Crippen MR) is 56.3 cm³/mol. The van der Waals surface area contributed by atoms with E-state index in [1.165, 1.54) is 0 Å². The summed E-state index contributed by atoms with van der Waals surface area (Å²) in [7, 11) is -3.25. The highest BCUT2D eigenvalue weighted by Crippen LogP contribution is 2.07. The van der Waals surface area contributed by atoms with Gasteiger partial charge in [0.05, 0.1) is 0 Å². The molecule has 13 heavy (non-hydrogen) atoms. The molecule has 0 radical (unpaired) electrons. The van der Waals surface area contributed by atoms with E-state index in [0.29, 0.717) is 5.92 Å². The Kier molecular flexibility index (Phi) is 5.92. The molecule has 3 nitrogen and oxygen atoms in total. The van der Waals surface area contributed by atoms with Gasteiger partial charge in [-0.1, -0.05) is 13.8 Å². The van der Waals surface area contributed by atoms with Crippen LogP contribution in [-0.2, 0) is 10.0 Å². The minimum atomic E-state index is -3.25. The number of nitrogens with one attached hydrogen (secondary N) is 1. The number of hydrogen-bond donors (Lipinski definition) is 1. The normalized spacial score (nSPS) is 14.8. The van der Waals surface area contributed by atoms with Crippen LogP contribution in [0, 0.1) is 5.92 Å². The molecule has 1 atom stereocenters. The van der Waals surface area contributed by atoms with Crippen LogP contribution in [0.3, 0.4) is 0 Å². The van der Waals surface area contributed by atoms with Gasteiger partial charge in [0.15, 0.2) is 0 Å². The fourth-order valence-corrected chi connectivity index (χ4v) is 1.96. The molecule has 0 saturated carbocycles. The van der Waals surface area contributed by atoms with Gasteiger partial charge in [0.25, 0.3) is 0 Å². The highest BCUT2D eigenvalue weighted by molar-refractivity contribution is 7.90. The van der Waals surface area contributed by atoms with Crippen molar-refractivity contribution >= 4 is 21.6 Å². The molecule has 0 bridgehead atoms. The molecule has 0 aromatic heterocycles. The number of hydrogen-bond acceptors (Lipinski definition) is 2. The lowest BCUT2D eigenvalue weighted by molar-refractivity contribution is 0.486. The molecular formula is C8H18ClNO2S. The Labute approximate surface area is 85.9 Å². The molecule has 0 aliphatic heterocycles. The predicted octanol–water partition coefficient (Wildman–Crippen LogP) is 1.93. The first-order chi connectivity index (χ1) is 5.87. The van der Waals surface area contributed by atoms with E-state index >= 15 is 0 Å². The van der Waals surface area contributed by atoms with Gasteiger partial charge >= 0.3 is 0 Å². The maximum atomic E-state index is 11.0. The summed E-state index contributed by atoms with van der Waals surface area (Å²) in [5.41, 5.74) is 0. The number of halogens is 1. The second-order valence-corrected chi connectivity index (χ2v) is 6.05. The molecular weight excluding hydrogens is 210 g/mol. The van der Waals surface area contributed by atoms with Crippen molar-refractivity contribution in [2.45, 2.75) is 39.7 Å². The summed E-state index contributed by atoms with van der Waals surface area (Å²) in [5, 5.41) is -0.362. The van der Waals surface area contributed by atoms with E-state index in [1.54, 1.807) is 0 Å². The second-order valence-electron chi connectivity index (χ2n) is 3.71. The average molecular weight is 228 g/mol. The van der Waals surface area contributed by atoms with Gasteiger partial charge in [-0.3, -0.25) is 0 Å². The summed E-state index contributed by atoms with van der Waals surface area (Å²) in [5.74, 6) is 0.600. The molecule has 0 fully saturated rings. The first kappa shape index (κ1) is 13.2. The summed E-state index contributed by atoms with van der Waals surface area (Å²) >= 11 is 5.25. The largest absolute Gasteiger partial charge is 0.225 e. The number of sulfonamides is 1. The van der Waals surface area contributed by atoms with Crippen molar-refractivity contribution in [1.29, 1.82) is 0 Å². The first-order valence-corrected chi connectivity index (χ1v) is 6.62. The highest BCUT2D eigenvalue weighted by Gasteiger charge is 2.12. The lowest BCUT2D eigenvalue weighted by Crippen LogP contribution is -2.33. The lowest BCUT2D eigenvalue weighted by atomic mass is 10.1. The van der Waals surface area contributed by atoms with Crippen LogP contribution in [0.4, 0.5) is 0 Å². The topological polar surface area (TPSA) is 46.2 Å². The monoisotopic (exact) mass is 227 g/mol. The van der Waals surface area contributed by atoms with Gasteiger partial charge in [0.1, 0.15) is 5.21 Å². The van der Waals surface area contributed by atoms with Crippen LogP contribution < -0.4 is 4.72 Å². The van der Waals surface area contributed by atoms with Crippen LogP contribution in [0.2, 0.25) is 0 Å². The van der Waals surface area contributed by atoms with Crippen molar-refractivity contribution in [3.63, 3.8) is 0 Å². The fraction of sp³-hybridized carbons (Fsp3) is 1.00. The standard InChI is InChI=1S/C8H18ClNO2S/c1-7(2)4-5-8(3)10-13(11,12)6-9/h7-8,10H,4-6H2,1-3H3. The van der Waals surface area contributed by atoms with E-state index in [4.69, 9.17) is 11.6 Å². The van der Waals surface area contributed by atoms with Crippen LogP contribution in [0.15, 0.2) is 0 Å². The maximum Gasteiger partial charge on any atom is 0.225 e. The smallest absolute Gasteiger partial charge is 0.211 e. The Morgan fingerprint density at radius 1 is 1.23 bits per heavy atom. The number of alkyl halides is 1. The van der Waals surface area contributed by atoms with Gasteiger partial charge in [-0.15, -0.1) is 11.6 Å². The Balaban J connectivity index is 3.81. The summed E-state index contributed by atoms with van der Waals surface area (Å²) < 4.78 is 24.5. The molecule has 80 valence electrons. The summed E-state index contributed by atoms with van der Waals surface area (Å²) in [6, 6.07) is -0.0221. The zero-order valence-corrected chi connectivity index (χ0v) is 9.95. The van der Waals surface area contributed by atoms with E-state index in [0.717, 1.165) is 12.8 Å². The van der Waals surface area contributed by atoms with Crippen molar-refractivity contribution in [3.05, 3.63) is 0 Å². The molecule has 0 rings (SSSR count). The van der Waals surface area contributed by atoms with Gasteiger partial charge in [-0.25, -0.2) is 13.1 Å². The van der Waals surface area contributed by atoms with E-state index in [9.17, 15) is 8.42 Å². The molecule has 0 spiro atoms. The molecule has 0 heterocycles. The van der Waals surface area contributed by atoms with Crippen molar-refractivity contribution in [1.82, 2.24) is 4.72 Å². The van der Waals surface area contributed by atoms with Crippen LogP contribution in [0.1, 0.15) is 33.6 Å². The van der Waals surface area contributed by atoms with Gasteiger partial charge in [0.2, 0.25) is 10.0 Å². The Hall–Kier alpha value is 0.200. The minimum Gasteiger partial charge on any atom is -0.211 e. The molecule has 0 aliphatic carbocycles. The molecule has 1 unspecified atom stereocenters. The zero-order chi connectivity index (χ0) is 10.5. The van der Waals surface area contributed by atoms with E-state index in [-0.39, 0.29) is 11.3 Å². The van der Waals surface area contributed by atoms with E-state index in [2.05, 4.69) is 18.6 Å². The third-order valence-electron chi connectivity index (χ3n) is 1.70. The Morgan fingerprint density at radius 3 is 2.15 bits per heavy atom. The summed E-state index contributed by atoms with van der Waals surface area (Å²) in [4.78, 5) is 0. The van der Waals surface area contributed by atoms with E-state index < -0.39 is 10.0 Å². The SMILES string of the molecule is CC(C)CCC(C)NS(=O)(=O)CCl. The molecule has 5 heteroatoms. The Bertz CT molecular complexity index is 226. The van der Waals surface area contributed by atoms with Crippen LogP contribution in [0.5, 0.6) is 0 Å². The van der Waals surface area contributed by atoms with Gasteiger partial charge < -0.3 is 0 Å². The second kappa shape index (κ2) is 5.83. The van der Waals surface area contributed by atoms with Crippen LogP contribution >= 0.6 is 11.6 Å². The third-order valence-corrected chi connectivity index (χ3v) is 3.61. The molecule has 0 aromatic rings. The Morgan fingerprint density at radius 2 is 1.77 bits per heavy atom. The lowest BCUT2D eigenvalue weighted by Gasteiger charge is -2.13. The van der Waals surface area contributed by atoms with E-state index in [1.807, 2.05) is 6.92 Å². The molecule has 0 aliphatic rings. The highest BCUT2D eigenvalue weighted by atomic mass is 35.5. The van der Waals surface area contributed by atoms with Crippen LogP contribution in [-0.4, -0.2) is 19.7 Å². The molecule has 0 saturated heterocycles. The number of rotatable bonds is 6. The molecule has 1 N–H and O–H groups in total. The molecule has 0 aromatic carbocycles. The average Bonchev–Trinajstić information content (AvgIpc) is 2.00. The first-order valence-electron chi connectivity index (χ1n) is 4.43. The quantitative estimate of drug-likeness (QED) is 0.705. The summed E-state index contributed by atoms with van der Waals surface area (Å²) in [6.07, 6.45) is 1.87. The molecule has 0 amide bonds. The fourth-order valence-electron chi connectivity index (χ4n) is 0.980. The van der Waals surface area contributed by atoms with Gasteiger partial charge in [-0.05, 0) is 25.7 Å². The maximum absolute atomic E-state index is 11.0. The van der Waals surface area contributed by atoms with Crippen molar-refractivity contribution in [2.75, 3.05) is 5.21 Å².